The van der Waals surface area contributed by atoms with E-state index >= 15 is 0 Å². The van der Waals surface area contributed by atoms with Gasteiger partial charge < -0.3 is 10.0 Å². The van der Waals surface area contributed by atoms with Crippen molar-refractivity contribution in [2.45, 2.75) is 13.8 Å². The molecule has 0 aliphatic carbocycles. The van der Waals surface area contributed by atoms with Crippen molar-refractivity contribution >= 4 is 11.7 Å². The van der Waals surface area contributed by atoms with Crippen LogP contribution >= 0.6 is 0 Å². The monoisotopic (exact) mass is 244 g/mol. The molecule has 1 fully saturated rings. The highest BCUT2D eigenvalue weighted by Crippen LogP contribution is 2.30. The van der Waals surface area contributed by atoms with Crippen molar-refractivity contribution in [1.29, 1.82) is 5.26 Å². The zero-order chi connectivity index (χ0) is 13.3. The molecule has 0 saturated carbocycles. The summed E-state index contributed by atoms with van der Waals surface area (Å²) >= 11 is 0. The highest BCUT2D eigenvalue weighted by molar-refractivity contribution is 5.70. The molecule has 1 aromatic carbocycles. The average Bonchev–Trinajstić information content (AvgIpc) is 2.27. The number of nitriles is 1. The highest BCUT2D eigenvalue weighted by atomic mass is 16.4. The maximum atomic E-state index is 10.9. The standard InChI is InChI=1S/C14H16N2O2/c1-9-5-13(4-3-11(9)6-15)16-7-12(8-16)10(2)14(17)18/h3-5,10,12H,7-8H2,1-2H3,(H,17,18). The second-order valence-corrected chi connectivity index (χ2v) is 4.90. The minimum Gasteiger partial charge on any atom is -0.481 e. The van der Waals surface area contributed by atoms with Gasteiger partial charge in [0.2, 0.25) is 0 Å². The van der Waals surface area contributed by atoms with E-state index < -0.39 is 5.97 Å². The molecule has 1 unspecified atom stereocenters. The number of aryl methyl sites for hydroxylation is 1. The molecule has 1 saturated heterocycles. The molecule has 18 heavy (non-hydrogen) atoms. The second-order valence-electron chi connectivity index (χ2n) is 4.90. The van der Waals surface area contributed by atoms with Crippen molar-refractivity contribution in [2.24, 2.45) is 11.8 Å². The van der Waals surface area contributed by atoms with Gasteiger partial charge in [0.25, 0.3) is 0 Å². The van der Waals surface area contributed by atoms with Gasteiger partial charge in [0.1, 0.15) is 0 Å². The zero-order valence-corrected chi connectivity index (χ0v) is 10.6. The van der Waals surface area contributed by atoms with Gasteiger partial charge >= 0.3 is 5.97 Å². The lowest BCUT2D eigenvalue weighted by Gasteiger charge is -2.43. The lowest BCUT2D eigenvalue weighted by atomic mass is 9.86. The number of aliphatic carboxylic acids is 1. The van der Waals surface area contributed by atoms with Crippen molar-refractivity contribution in [3.8, 4) is 6.07 Å². The second kappa shape index (κ2) is 4.69. The summed E-state index contributed by atoms with van der Waals surface area (Å²) in [5.74, 6) is -0.796. The number of carboxylic acid groups (broad SMARTS) is 1. The molecule has 0 aromatic heterocycles. The largest absolute Gasteiger partial charge is 0.481 e. The lowest BCUT2D eigenvalue weighted by molar-refractivity contribution is -0.143. The van der Waals surface area contributed by atoms with Crippen LogP contribution in [0.5, 0.6) is 0 Å². The molecule has 1 aromatic rings. The van der Waals surface area contributed by atoms with Crippen molar-refractivity contribution in [1.82, 2.24) is 0 Å². The van der Waals surface area contributed by atoms with Gasteiger partial charge in [-0.25, -0.2) is 0 Å². The summed E-state index contributed by atoms with van der Waals surface area (Å²) in [4.78, 5) is 13.0. The van der Waals surface area contributed by atoms with E-state index in [1.54, 1.807) is 6.92 Å². The van der Waals surface area contributed by atoms with E-state index in [0.717, 1.165) is 24.3 Å². The number of nitrogens with zero attached hydrogens (tertiary/aromatic N) is 2. The number of hydrogen-bond acceptors (Lipinski definition) is 3. The third kappa shape index (κ3) is 2.17. The zero-order valence-electron chi connectivity index (χ0n) is 10.6. The maximum Gasteiger partial charge on any atom is 0.306 e. The van der Waals surface area contributed by atoms with Crippen molar-refractivity contribution in [3.05, 3.63) is 29.3 Å². The molecule has 4 heteroatoms. The third-order valence-electron chi connectivity index (χ3n) is 3.70. The molecular weight excluding hydrogens is 228 g/mol. The molecule has 0 radical (unpaired) electrons. The first-order chi connectivity index (χ1) is 8.52. The fourth-order valence-corrected chi connectivity index (χ4v) is 2.21. The minimum absolute atomic E-state index is 0.221. The summed E-state index contributed by atoms with van der Waals surface area (Å²) in [6, 6.07) is 7.87. The number of carboxylic acids is 1. The van der Waals surface area contributed by atoms with Gasteiger partial charge in [0.05, 0.1) is 17.6 Å². The first kappa shape index (κ1) is 12.4. The quantitative estimate of drug-likeness (QED) is 0.883. The number of anilines is 1. The van der Waals surface area contributed by atoms with Crippen LogP contribution in [0.2, 0.25) is 0 Å². The van der Waals surface area contributed by atoms with Gasteiger partial charge in [-0.05, 0) is 30.7 Å². The smallest absolute Gasteiger partial charge is 0.306 e. The van der Waals surface area contributed by atoms with E-state index in [1.165, 1.54) is 0 Å². The first-order valence-corrected chi connectivity index (χ1v) is 6.01. The summed E-state index contributed by atoms with van der Waals surface area (Å²) in [6.07, 6.45) is 0. The van der Waals surface area contributed by atoms with Crippen LogP contribution in [0.1, 0.15) is 18.1 Å². The Bertz CT molecular complexity index is 513. The molecule has 1 atom stereocenters. The van der Waals surface area contributed by atoms with E-state index in [0.29, 0.717) is 5.56 Å². The number of carbonyl (C=O) groups is 1. The van der Waals surface area contributed by atoms with Gasteiger partial charge in [-0.2, -0.15) is 5.26 Å². The molecule has 94 valence electrons. The Balaban J connectivity index is 2.03. The van der Waals surface area contributed by atoms with Crippen LogP contribution in [-0.2, 0) is 4.79 Å². The minimum atomic E-state index is -0.726. The molecule has 1 heterocycles. The molecule has 0 spiro atoms. The SMILES string of the molecule is Cc1cc(N2CC(C(C)C(=O)O)C2)ccc1C#N. The Labute approximate surface area is 106 Å². The van der Waals surface area contributed by atoms with Gasteiger partial charge in [0, 0.05) is 24.7 Å². The molecule has 1 aliphatic rings. The summed E-state index contributed by atoms with van der Waals surface area (Å²) in [6.45, 7) is 5.23. The maximum absolute atomic E-state index is 10.9. The van der Waals surface area contributed by atoms with Crippen LogP contribution in [-0.4, -0.2) is 24.2 Å². The number of hydrogen-bond donors (Lipinski definition) is 1. The molecule has 2 rings (SSSR count). The first-order valence-electron chi connectivity index (χ1n) is 6.01. The number of benzene rings is 1. The van der Waals surface area contributed by atoms with E-state index in [1.807, 2.05) is 25.1 Å². The van der Waals surface area contributed by atoms with Crippen LogP contribution in [0.25, 0.3) is 0 Å². The van der Waals surface area contributed by atoms with Gasteiger partial charge in [0.15, 0.2) is 0 Å². The number of rotatable bonds is 3. The van der Waals surface area contributed by atoms with Crippen molar-refractivity contribution in [3.63, 3.8) is 0 Å². The predicted octanol–water partition coefficient (Wildman–Crippen LogP) is 2.02. The van der Waals surface area contributed by atoms with Crippen molar-refractivity contribution in [2.75, 3.05) is 18.0 Å². The Morgan fingerprint density at radius 2 is 2.22 bits per heavy atom. The van der Waals surface area contributed by atoms with E-state index in [4.69, 9.17) is 10.4 Å². The molecule has 1 N–H and O–H groups in total. The Morgan fingerprint density at radius 3 is 2.72 bits per heavy atom. The summed E-state index contributed by atoms with van der Waals surface area (Å²) in [5.41, 5.74) is 2.72. The van der Waals surface area contributed by atoms with E-state index in [-0.39, 0.29) is 11.8 Å². The van der Waals surface area contributed by atoms with E-state index in [2.05, 4.69) is 11.0 Å². The van der Waals surface area contributed by atoms with Crippen LogP contribution in [0.4, 0.5) is 5.69 Å². The van der Waals surface area contributed by atoms with Crippen LogP contribution < -0.4 is 4.90 Å². The van der Waals surface area contributed by atoms with Crippen LogP contribution in [0.3, 0.4) is 0 Å². The topological polar surface area (TPSA) is 64.3 Å². The summed E-state index contributed by atoms with van der Waals surface area (Å²) in [7, 11) is 0. The van der Waals surface area contributed by atoms with Crippen LogP contribution in [0.15, 0.2) is 18.2 Å². The van der Waals surface area contributed by atoms with E-state index in [9.17, 15) is 4.79 Å². The lowest BCUT2D eigenvalue weighted by Crippen LogP contribution is -2.51. The normalized spacial score (nSPS) is 16.8. The van der Waals surface area contributed by atoms with Gasteiger partial charge in [-0.15, -0.1) is 0 Å². The summed E-state index contributed by atoms with van der Waals surface area (Å²) < 4.78 is 0. The molecule has 1 aliphatic heterocycles. The molecular formula is C14H16N2O2. The van der Waals surface area contributed by atoms with Crippen molar-refractivity contribution < 1.29 is 9.90 Å². The fraction of sp³-hybridized carbons (Fsp3) is 0.429. The molecule has 0 bridgehead atoms. The fourth-order valence-electron chi connectivity index (χ4n) is 2.21. The predicted molar refractivity (Wildman–Crippen MR) is 68.4 cm³/mol. The Morgan fingerprint density at radius 1 is 1.56 bits per heavy atom. The Kier molecular flexibility index (Phi) is 3.24. The highest BCUT2D eigenvalue weighted by Gasteiger charge is 2.34. The summed E-state index contributed by atoms with van der Waals surface area (Å²) in [5, 5.41) is 17.8. The molecule has 0 amide bonds. The third-order valence-corrected chi connectivity index (χ3v) is 3.70. The van der Waals surface area contributed by atoms with Gasteiger partial charge in [-0.3, -0.25) is 4.79 Å². The van der Waals surface area contributed by atoms with Gasteiger partial charge in [-0.1, -0.05) is 6.92 Å². The Hall–Kier alpha value is -2.02. The van der Waals surface area contributed by atoms with Crippen LogP contribution in [0, 0.1) is 30.1 Å². The average molecular weight is 244 g/mol. The molecule has 4 nitrogen and oxygen atoms in total.